The van der Waals surface area contributed by atoms with Crippen LogP contribution in [-0.4, -0.2) is 11.8 Å². The Morgan fingerprint density at radius 1 is 0.727 bits per heavy atom. The Labute approximate surface area is 130 Å². The summed E-state index contributed by atoms with van der Waals surface area (Å²) in [6, 6.07) is 11.8. The summed E-state index contributed by atoms with van der Waals surface area (Å²) in [6.07, 6.45) is 0. The number of benzene rings is 2. The van der Waals surface area contributed by atoms with E-state index in [0.717, 1.165) is 33.6 Å². The number of hydrogen-bond acceptors (Lipinski definition) is 2. The first-order chi connectivity index (χ1) is 10.4. The number of rotatable bonds is 3. The van der Waals surface area contributed by atoms with Crippen LogP contribution in [0.15, 0.2) is 36.4 Å². The molecule has 0 saturated heterocycles. The Morgan fingerprint density at radius 2 is 1.09 bits per heavy atom. The fourth-order valence-electron chi connectivity index (χ4n) is 2.35. The van der Waals surface area contributed by atoms with Gasteiger partial charge in [0, 0.05) is 25.2 Å². The molecule has 2 amide bonds. The van der Waals surface area contributed by atoms with Crippen molar-refractivity contribution in [2.45, 2.75) is 27.7 Å². The monoisotopic (exact) mass is 296 g/mol. The predicted molar refractivity (Wildman–Crippen MR) is 90.0 cm³/mol. The highest BCUT2D eigenvalue weighted by atomic mass is 16.2. The molecule has 2 aromatic carbocycles. The van der Waals surface area contributed by atoms with Crippen molar-refractivity contribution in [2.24, 2.45) is 0 Å². The van der Waals surface area contributed by atoms with E-state index in [1.807, 2.05) is 50.2 Å². The van der Waals surface area contributed by atoms with Gasteiger partial charge in [-0.3, -0.25) is 9.59 Å². The highest BCUT2D eigenvalue weighted by Crippen LogP contribution is 2.28. The van der Waals surface area contributed by atoms with Crippen molar-refractivity contribution in [3.05, 3.63) is 47.5 Å². The number of anilines is 2. The zero-order valence-corrected chi connectivity index (χ0v) is 13.3. The molecule has 4 nitrogen and oxygen atoms in total. The van der Waals surface area contributed by atoms with Gasteiger partial charge in [0.1, 0.15) is 0 Å². The summed E-state index contributed by atoms with van der Waals surface area (Å²) in [6.45, 7) is 6.93. The van der Waals surface area contributed by atoms with Gasteiger partial charge in [-0.15, -0.1) is 0 Å². The third-order valence-electron chi connectivity index (χ3n) is 3.41. The van der Waals surface area contributed by atoms with Crippen LogP contribution in [0.2, 0.25) is 0 Å². The molecule has 0 unspecified atom stereocenters. The third kappa shape index (κ3) is 3.73. The number of aryl methyl sites for hydroxylation is 2. The van der Waals surface area contributed by atoms with E-state index in [1.165, 1.54) is 13.8 Å². The lowest BCUT2D eigenvalue weighted by Crippen LogP contribution is -2.07. The van der Waals surface area contributed by atoms with Crippen LogP contribution in [0, 0.1) is 13.8 Å². The normalized spacial score (nSPS) is 10.2. The topological polar surface area (TPSA) is 58.2 Å². The van der Waals surface area contributed by atoms with E-state index < -0.39 is 0 Å². The summed E-state index contributed by atoms with van der Waals surface area (Å²) < 4.78 is 0. The van der Waals surface area contributed by atoms with Gasteiger partial charge in [-0.25, -0.2) is 0 Å². The first kappa shape index (κ1) is 15.8. The molecule has 2 N–H and O–H groups in total. The molecule has 114 valence electrons. The molecule has 4 heteroatoms. The lowest BCUT2D eigenvalue weighted by atomic mass is 10.00. The number of carbonyl (C=O) groups excluding carboxylic acids is 2. The van der Waals surface area contributed by atoms with Crippen molar-refractivity contribution in [1.29, 1.82) is 0 Å². The van der Waals surface area contributed by atoms with Crippen LogP contribution >= 0.6 is 0 Å². The second-order valence-corrected chi connectivity index (χ2v) is 5.42. The Hall–Kier alpha value is -2.62. The van der Waals surface area contributed by atoms with Crippen LogP contribution in [0.5, 0.6) is 0 Å². The summed E-state index contributed by atoms with van der Waals surface area (Å²) in [7, 11) is 0. The second-order valence-electron chi connectivity index (χ2n) is 5.42. The lowest BCUT2D eigenvalue weighted by Gasteiger charge is -2.12. The van der Waals surface area contributed by atoms with Crippen LogP contribution in [-0.2, 0) is 9.59 Å². The first-order valence-electron chi connectivity index (χ1n) is 7.13. The molecule has 0 aliphatic rings. The number of nitrogens with one attached hydrogen (secondary N) is 2. The van der Waals surface area contributed by atoms with Crippen LogP contribution in [0.25, 0.3) is 11.1 Å². The van der Waals surface area contributed by atoms with Crippen LogP contribution in [0.1, 0.15) is 25.0 Å². The quantitative estimate of drug-likeness (QED) is 0.902. The largest absolute Gasteiger partial charge is 0.326 e. The predicted octanol–water partition coefficient (Wildman–Crippen LogP) is 3.89. The van der Waals surface area contributed by atoms with E-state index in [9.17, 15) is 9.59 Å². The van der Waals surface area contributed by atoms with Gasteiger partial charge in [-0.05, 0) is 60.4 Å². The van der Waals surface area contributed by atoms with Crippen LogP contribution in [0.3, 0.4) is 0 Å². The maximum absolute atomic E-state index is 11.1. The van der Waals surface area contributed by atoms with E-state index in [4.69, 9.17) is 0 Å². The molecule has 0 aliphatic heterocycles. The van der Waals surface area contributed by atoms with Gasteiger partial charge in [0.15, 0.2) is 0 Å². The minimum Gasteiger partial charge on any atom is -0.326 e. The van der Waals surface area contributed by atoms with Gasteiger partial charge in [0.2, 0.25) is 11.8 Å². The van der Waals surface area contributed by atoms with E-state index >= 15 is 0 Å². The van der Waals surface area contributed by atoms with Gasteiger partial charge < -0.3 is 10.6 Å². The number of hydrogen-bond donors (Lipinski definition) is 2. The molecule has 0 saturated carbocycles. The van der Waals surface area contributed by atoms with Gasteiger partial charge in [-0.2, -0.15) is 0 Å². The van der Waals surface area contributed by atoms with Gasteiger partial charge in [0.25, 0.3) is 0 Å². The minimum absolute atomic E-state index is 0.0774. The molecular formula is C18H20N2O2. The highest BCUT2D eigenvalue weighted by molar-refractivity contribution is 5.91. The van der Waals surface area contributed by atoms with Crippen molar-refractivity contribution in [3.8, 4) is 11.1 Å². The zero-order chi connectivity index (χ0) is 16.3. The first-order valence-corrected chi connectivity index (χ1v) is 7.13. The van der Waals surface area contributed by atoms with E-state index in [-0.39, 0.29) is 11.8 Å². The average Bonchev–Trinajstić information content (AvgIpc) is 2.42. The van der Waals surface area contributed by atoms with Crippen LogP contribution < -0.4 is 10.6 Å². The Kier molecular flexibility index (Phi) is 4.61. The van der Waals surface area contributed by atoms with Crippen molar-refractivity contribution < 1.29 is 9.59 Å². The summed E-state index contributed by atoms with van der Waals surface area (Å²) in [4.78, 5) is 22.3. The zero-order valence-electron chi connectivity index (χ0n) is 13.3. The second kappa shape index (κ2) is 6.43. The fourth-order valence-corrected chi connectivity index (χ4v) is 2.35. The molecule has 0 aliphatic carbocycles. The molecule has 0 atom stereocenters. The Bertz CT molecular complexity index is 672. The number of amides is 2. The smallest absolute Gasteiger partial charge is 0.221 e. The van der Waals surface area contributed by atoms with Crippen LogP contribution in [0.4, 0.5) is 11.4 Å². The molecule has 2 rings (SSSR count). The standard InChI is InChI=1S/C18H20N2O2/c1-11-9-15(5-7-17(11)19-13(3)21)16-6-8-18(12(2)10-16)20-14(4)22/h5-10H,1-4H3,(H,19,21)(H,20,22). The highest BCUT2D eigenvalue weighted by Gasteiger charge is 2.06. The molecule has 2 aromatic rings. The molecule has 0 bridgehead atoms. The minimum atomic E-state index is -0.0774. The van der Waals surface area contributed by atoms with Crippen molar-refractivity contribution in [3.63, 3.8) is 0 Å². The molecule has 0 radical (unpaired) electrons. The van der Waals surface area contributed by atoms with Crippen molar-refractivity contribution in [2.75, 3.05) is 10.6 Å². The van der Waals surface area contributed by atoms with E-state index in [2.05, 4.69) is 10.6 Å². The maximum atomic E-state index is 11.1. The van der Waals surface area contributed by atoms with Gasteiger partial charge >= 0.3 is 0 Å². The molecule has 0 aromatic heterocycles. The summed E-state index contributed by atoms with van der Waals surface area (Å²) >= 11 is 0. The maximum Gasteiger partial charge on any atom is 0.221 e. The van der Waals surface area contributed by atoms with Gasteiger partial charge in [0.05, 0.1) is 0 Å². The molecule has 22 heavy (non-hydrogen) atoms. The van der Waals surface area contributed by atoms with E-state index in [1.54, 1.807) is 0 Å². The SMILES string of the molecule is CC(=O)Nc1ccc(-c2ccc(NC(C)=O)c(C)c2)cc1C. The molecular weight excluding hydrogens is 276 g/mol. The summed E-state index contributed by atoms with van der Waals surface area (Å²) in [5, 5.41) is 5.61. The Morgan fingerprint density at radius 3 is 1.36 bits per heavy atom. The lowest BCUT2D eigenvalue weighted by molar-refractivity contribution is -0.115. The van der Waals surface area contributed by atoms with Crippen molar-refractivity contribution >= 4 is 23.2 Å². The summed E-state index contributed by atoms with van der Waals surface area (Å²) in [5.74, 6) is -0.155. The average molecular weight is 296 g/mol. The number of carbonyl (C=O) groups is 2. The molecule has 0 heterocycles. The summed E-state index contributed by atoms with van der Waals surface area (Å²) in [5.41, 5.74) is 5.81. The molecule has 0 spiro atoms. The van der Waals surface area contributed by atoms with Gasteiger partial charge in [-0.1, -0.05) is 12.1 Å². The Balaban J connectivity index is 2.32. The van der Waals surface area contributed by atoms with Crippen molar-refractivity contribution in [1.82, 2.24) is 0 Å². The fraction of sp³-hybridized carbons (Fsp3) is 0.222. The molecule has 0 fully saturated rings. The third-order valence-corrected chi connectivity index (χ3v) is 3.41. The van der Waals surface area contributed by atoms with E-state index in [0.29, 0.717) is 0 Å².